The van der Waals surface area contributed by atoms with Crippen LogP contribution < -0.4 is 5.32 Å². The molecular weight excluding hydrogens is 232 g/mol. The van der Waals surface area contributed by atoms with Crippen molar-refractivity contribution in [1.29, 1.82) is 0 Å². The molecule has 2 fully saturated rings. The Hall–Kier alpha value is -0.870. The second kappa shape index (κ2) is 4.42. The predicted molar refractivity (Wildman–Crippen MR) is 69.7 cm³/mol. The van der Waals surface area contributed by atoms with E-state index in [4.69, 9.17) is 0 Å². The average molecular weight is 250 g/mol. The Labute approximate surface area is 106 Å². The Kier molecular flexibility index (Phi) is 2.92. The fourth-order valence-corrected chi connectivity index (χ4v) is 3.47. The minimum absolute atomic E-state index is 0.218. The van der Waals surface area contributed by atoms with Gasteiger partial charge in [0, 0.05) is 19.6 Å². The molecule has 1 N–H and O–H groups in total. The Balaban J connectivity index is 1.77. The van der Waals surface area contributed by atoms with Crippen molar-refractivity contribution in [2.45, 2.75) is 31.2 Å². The van der Waals surface area contributed by atoms with Crippen LogP contribution in [0.5, 0.6) is 0 Å². The van der Waals surface area contributed by atoms with Crippen LogP contribution in [0.25, 0.3) is 0 Å². The molecule has 1 saturated carbocycles. The van der Waals surface area contributed by atoms with E-state index in [9.17, 15) is 4.79 Å². The second-order valence-electron chi connectivity index (χ2n) is 5.04. The number of amides is 1. The molecule has 1 aromatic rings. The molecule has 0 spiro atoms. The summed E-state index contributed by atoms with van der Waals surface area (Å²) in [6, 6.07) is 2.51. The van der Waals surface area contributed by atoms with Crippen LogP contribution in [0.15, 0.2) is 11.4 Å². The monoisotopic (exact) mass is 250 g/mol. The third kappa shape index (κ3) is 2.11. The molecule has 0 radical (unpaired) electrons. The molecule has 1 aliphatic heterocycles. The van der Waals surface area contributed by atoms with Gasteiger partial charge in [0.05, 0.1) is 4.88 Å². The zero-order valence-electron chi connectivity index (χ0n) is 10.1. The lowest BCUT2D eigenvalue weighted by molar-refractivity contribution is 0.0747. The van der Waals surface area contributed by atoms with Crippen LogP contribution in [0, 0.1) is 0 Å². The van der Waals surface area contributed by atoms with Gasteiger partial charge in [0.15, 0.2) is 0 Å². The quantitative estimate of drug-likeness (QED) is 0.890. The Bertz CT molecular complexity index is 419. The summed E-state index contributed by atoms with van der Waals surface area (Å²) in [6.07, 6.45) is 3.59. The smallest absolute Gasteiger partial charge is 0.264 e. The van der Waals surface area contributed by atoms with Crippen molar-refractivity contribution in [2.75, 3.05) is 20.1 Å². The van der Waals surface area contributed by atoms with Crippen molar-refractivity contribution in [3.8, 4) is 0 Å². The highest BCUT2D eigenvalue weighted by atomic mass is 32.1. The van der Waals surface area contributed by atoms with Gasteiger partial charge in [-0.3, -0.25) is 4.79 Å². The first-order chi connectivity index (χ1) is 8.27. The molecule has 0 aromatic carbocycles. The number of hydrogen-bond donors (Lipinski definition) is 1. The molecule has 4 heteroatoms. The van der Waals surface area contributed by atoms with Gasteiger partial charge in [-0.05, 0) is 48.7 Å². The van der Waals surface area contributed by atoms with E-state index in [0.717, 1.165) is 24.4 Å². The summed E-state index contributed by atoms with van der Waals surface area (Å²) in [4.78, 5) is 15.4. The van der Waals surface area contributed by atoms with Crippen molar-refractivity contribution >= 4 is 17.2 Å². The van der Waals surface area contributed by atoms with Crippen LogP contribution in [-0.2, 0) is 0 Å². The average Bonchev–Trinajstić information content (AvgIpc) is 2.86. The largest absolute Gasteiger partial charge is 0.337 e. The van der Waals surface area contributed by atoms with E-state index in [0.29, 0.717) is 12.0 Å². The Morgan fingerprint density at radius 2 is 2.29 bits per heavy atom. The SMILES string of the molecule is CN(C(=O)c1sccc1C1CC1)[C@H]1CCNC1. The van der Waals surface area contributed by atoms with Crippen molar-refractivity contribution < 1.29 is 4.79 Å². The highest BCUT2D eigenvalue weighted by molar-refractivity contribution is 7.12. The fraction of sp³-hybridized carbons (Fsp3) is 0.615. The number of carbonyl (C=O) groups is 1. The molecule has 2 aliphatic rings. The van der Waals surface area contributed by atoms with Crippen LogP contribution in [0.4, 0.5) is 0 Å². The summed E-state index contributed by atoms with van der Waals surface area (Å²) in [5.74, 6) is 0.880. The van der Waals surface area contributed by atoms with Gasteiger partial charge in [-0.15, -0.1) is 11.3 Å². The number of carbonyl (C=O) groups excluding carboxylic acids is 1. The van der Waals surface area contributed by atoms with Gasteiger partial charge in [0.1, 0.15) is 0 Å². The van der Waals surface area contributed by atoms with Gasteiger partial charge in [0.25, 0.3) is 5.91 Å². The number of hydrogen-bond acceptors (Lipinski definition) is 3. The number of rotatable bonds is 3. The normalized spacial score (nSPS) is 23.9. The minimum atomic E-state index is 0.218. The summed E-state index contributed by atoms with van der Waals surface area (Å²) >= 11 is 1.60. The maximum absolute atomic E-state index is 12.5. The molecule has 1 saturated heterocycles. The summed E-state index contributed by atoms with van der Waals surface area (Å²) in [5, 5.41) is 5.37. The van der Waals surface area contributed by atoms with Gasteiger partial charge in [-0.25, -0.2) is 0 Å². The van der Waals surface area contributed by atoms with E-state index in [-0.39, 0.29) is 5.91 Å². The molecule has 0 unspecified atom stereocenters. The van der Waals surface area contributed by atoms with Gasteiger partial charge in [-0.1, -0.05) is 0 Å². The third-order valence-electron chi connectivity index (χ3n) is 3.81. The van der Waals surface area contributed by atoms with E-state index in [1.807, 2.05) is 11.9 Å². The van der Waals surface area contributed by atoms with Crippen molar-refractivity contribution in [1.82, 2.24) is 10.2 Å². The van der Waals surface area contributed by atoms with Crippen LogP contribution >= 0.6 is 11.3 Å². The van der Waals surface area contributed by atoms with Crippen molar-refractivity contribution in [3.63, 3.8) is 0 Å². The van der Waals surface area contributed by atoms with Crippen LogP contribution in [-0.4, -0.2) is 37.0 Å². The topological polar surface area (TPSA) is 32.3 Å². The molecule has 1 amide bonds. The summed E-state index contributed by atoms with van der Waals surface area (Å²) < 4.78 is 0. The van der Waals surface area contributed by atoms with E-state index in [1.165, 1.54) is 18.4 Å². The van der Waals surface area contributed by atoms with E-state index in [1.54, 1.807) is 11.3 Å². The lowest BCUT2D eigenvalue weighted by Gasteiger charge is -2.23. The highest BCUT2D eigenvalue weighted by Gasteiger charge is 2.31. The molecular formula is C13H18N2OS. The second-order valence-corrected chi connectivity index (χ2v) is 5.96. The molecule has 92 valence electrons. The number of nitrogens with one attached hydrogen (secondary N) is 1. The first kappa shape index (κ1) is 11.2. The molecule has 1 aliphatic carbocycles. The Morgan fingerprint density at radius 1 is 1.47 bits per heavy atom. The van der Waals surface area contributed by atoms with Gasteiger partial charge >= 0.3 is 0 Å². The lowest BCUT2D eigenvalue weighted by atomic mass is 10.1. The lowest BCUT2D eigenvalue weighted by Crippen LogP contribution is -2.38. The van der Waals surface area contributed by atoms with Crippen LogP contribution in [0.1, 0.15) is 40.4 Å². The molecule has 3 nitrogen and oxygen atoms in total. The van der Waals surface area contributed by atoms with Gasteiger partial charge in [-0.2, -0.15) is 0 Å². The number of nitrogens with zero attached hydrogens (tertiary/aromatic N) is 1. The van der Waals surface area contributed by atoms with Gasteiger partial charge < -0.3 is 10.2 Å². The van der Waals surface area contributed by atoms with E-state index < -0.39 is 0 Å². The van der Waals surface area contributed by atoms with Gasteiger partial charge in [0.2, 0.25) is 0 Å². The van der Waals surface area contributed by atoms with Crippen LogP contribution in [0.3, 0.4) is 0 Å². The zero-order chi connectivity index (χ0) is 11.8. The summed E-state index contributed by atoms with van der Waals surface area (Å²) in [5.41, 5.74) is 1.29. The molecule has 1 atom stereocenters. The maximum atomic E-state index is 12.5. The molecule has 3 rings (SSSR count). The molecule has 1 aromatic heterocycles. The maximum Gasteiger partial charge on any atom is 0.264 e. The first-order valence-corrected chi connectivity index (χ1v) is 7.20. The number of thiophene rings is 1. The standard InChI is InChI=1S/C13H18N2OS/c1-15(10-4-6-14-8-10)13(16)12-11(5-7-17-12)9-2-3-9/h5,7,9-10,14H,2-4,6,8H2,1H3/t10-/m0/s1. The first-order valence-electron chi connectivity index (χ1n) is 6.32. The molecule has 0 bridgehead atoms. The number of likely N-dealkylation sites (N-methyl/N-ethyl adjacent to an activating group) is 1. The van der Waals surface area contributed by atoms with Crippen molar-refractivity contribution in [3.05, 3.63) is 21.9 Å². The van der Waals surface area contributed by atoms with E-state index in [2.05, 4.69) is 16.8 Å². The minimum Gasteiger partial charge on any atom is -0.337 e. The summed E-state index contributed by atoms with van der Waals surface area (Å²) in [7, 11) is 1.94. The fourth-order valence-electron chi connectivity index (χ4n) is 2.50. The Morgan fingerprint density at radius 3 is 2.94 bits per heavy atom. The molecule has 2 heterocycles. The van der Waals surface area contributed by atoms with Crippen LogP contribution in [0.2, 0.25) is 0 Å². The third-order valence-corrected chi connectivity index (χ3v) is 4.73. The summed E-state index contributed by atoms with van der Waals surface area (Å²) in [6.45, 7) is 1.97. The van der Waals surface area contributed by atoms with Crippen molar-refractivity contribution in [2.24, 2.45) is 0 Å². The zero-order valence-corrected chi connectivity index (χ0v) is 10.9. The molecule has 17 heavy (non-hydrogen) atoms. The highest BCUT2D eigenvalue weighted by Crippen LogP contribution is 2.43. The predicted octanol–water partition coefficient (Wildman–Crippen LogP) is 2.06. The van der Waals surface area contributed by atoms with E-state index >= 15 is 0 Å².